The summed E-state index contributed by atoms with van der Waals surface area (Å²) in [7, 11) is 0. The van der Waals surface area contributed by atoms with Crippen molar-refractivity contribution >= 4 is 40.1 Å². The lowest BCUT2D eigenvalue weighted by Gasteiger charge is -2.13. The number of hydrazine groups is 1. The third-order valence-corrected chi connectivity index (χ3v) is 5.83. The van der Waals surface area contributed by atoms with Gasteiger partial charge in [0, 0.05) is 23.2 Å². The molecular weight excluding hydrogens is 416 g/mol. The minimum absolute atomic E-state index is 0.0659. The smallest absolute Gasteiger partial charge is 0.231 e. The number of amides is 1. The van der Waals surface area contributed by atoms with Gasteiger partial charge in [0.2, 0.25) is 12.7 Å². The molecular formula is C21H22N6O3S. The predicted molar refractivity (Wildman–Crippen MR) is 118 cm³/mol. The molecule has 31 heavy (non-hydrogen) atoms. The van der Waals surface area contributed by atoms with E-state index in [1.54, 1.807) is 0 Å². The Bertz CT molecular complexity index is 1130. The first-order valence-corrected chi connectivity index (χ1v) is 11.0. The van der Waals surface area contributed by atoms with Crippen LogP contribution in [0.2, 0.25) is 0 Å². The van der Waals surface area contributed by atoms with Gasteiger partial charge in [0.05, 0.1) is 17.4 Å². The highest BCUT2D eigenvalue weighted by molar-refractivity contribution is 7.99. The lowest BCUT2D eigenvalue weighted by atomic mass is 10.2. The van der Waals surface area contributed by atoms with Gasteiger partial charge in [-0.1, -0.05) is 23.9 Å². The third-order valence-electron chi connectivity index (χ3n) is 4.98. The largest absolute Gasteiger partial charge is 0.454 e. The van der Waals surface area contributed by atoms with Gasteiger partial charge in [-0.2, -0.15) is 0 Å². The molecule has 1 saturated heterocycles. The van der Waals surface area contributed by atoms with Gasteiger partial charge >= 0.3 is 0 Å². The molecule has 5 rings (SSSR count). The van der Waals surface area contributed by atoms with Gasteiger partial charge in [-0.15, -0.1) is 0 Å². The van der Waals surface area contributed by atoms with Gasteiger partial charge in [-0.25, -0.2) is 15.4 Å². The van der Waals surface area contributed by atoms with Crippen LogP contribution in [0.25, 0.3) is 10.9 Å². The van der Waals surface area contributed by atoms with E-state index in [9.17, 15) is 4.79 Å². The summed E-state index contributed by atoms with van der Waals surface area (Å²) in [5.41, 5.74) is 7.79. The van der Waals surface area contributed by atoms with E-state index in [0.717, 1.165) is 28.8 Å². The zero-order chi connectivity index (χ0) is 21.2. The molecule has 2 aromatic carbocycles. The normalized spacial score (nSPS) is 19.5. The summed E-state index contributed by atoms with van der Waals surface area (Å²) in [5, 5.41) is 7.74. The van der Waals surface area contributed by atoms with Crippen molar-refractivity contribution in [1.29, 1.82) is 0 Å². The molecule has 2 aliphatic rings. The van der Waals surface area contributed by atoms with E-state index < -0.39 is 0 Å². The lowest BCUT2D eigenvalue weighted by Crippen LogP contribution is -2.45. The van der Waals surface area contributed by atoms with Crippen LogP contribution in [0.3, 0.4) is 0 Å². The highest BCUT2D eigenvalue weighted by Gasteiger charge is 2.21. The van der Waals surface area contributed by atoms with Crippen molar-refractivity contribution in [3.63, 3.8) is 0 Å². The molecule has 2 aliphatic heterocycles. The lowest BCUT2D eigenvalue weighted by molar-refractivity contribution is -0.119. The van der Waals surface area contributed by atoms with Gasteiger partial charge < -0.3 is 20.1 Å². The fraction of sp³-hybridized carbons (Fsp3) is 0.286. The summed E-state index contributed by atoms with van der Waals surface area (Å²) >= 11 is 1.31. The number of rotatable bonds is 6. The van der Waals surface area contributed by atoms with Gasteiger partial charge in [-0.3, -0.25) is 10.2 Å². The van der Waals surface area contributed by atoms with Crippen LogP contribution in [-0.4, -0.2) is 40.6 Å². The summed E-state index contributed by atoms with van der Waals surface area (Å²) in [4.78, 5) is 21.6. The molecule has 0 aliphatic carbocycles. The first kappa shape index (κ1) is 19.9. The molecule has 2 unspecified atom stereocenters. The van der Waals surface area contributed by atoms with Crippen molar-refractivity contribution in [1.82, 2.24) is 26.1 Å². The molecule has 9 nitrogen and oxygen atoms in total. The fourth-order valence-electron chi connectivity index (χ4n) is 3.50. The van der Waals surface area contributed by atoms with E-state index in [1.165, 1.54) is 11.8 Å². The zero-order valence-corrected chi connectivity index (χ0v) is 17.7. The number of carbonyl (C=O) groups excluding carboxylic acids is 1. The molecule has 0 radical (unpaired) electrons. The average molecular weight is 439 g/mol. The predicted octanol–water partition coefficient (Wildman–Crippen LogP) is 2.52. The van der Waals surface area contributed by atoms with Crippen molar-refractivity contribution in [3.8, 4) is 11.5 Å². The number of thioether (sulfide) groups is 1. The Morgan fingerprint density at radius 1 is 1.16 bits per heavy atom. The molecule has 3 heterocycles. The first-order valence-electron chi connectivity index (χ1n) is 10.0. The number of aromatic nitrogens is 2. The Hall–Kier alpha value is -3.08. The first-order chi connectivity index (χ1) is 15.1. The zero-order valence-electron chi connectivity index (χ0n) is 16.8. The maximum atomic E-state index is 12.3. The van der Waals surface area contributed by atoms with E-state index >= 15 is 0 Å². The molecule has 1 aromatic heterocycles. The monoisotopic (exact) mass is 438 g/mol. The molecule has 0 spiro atoms. The minimum atomic E-state index is -0.0690. The SMILES string of the molecule is CC1CC(NC(=O)CSc2nc(Nc3ccc4c(c3)OCO4)c3ccccc3n2)NN1. The number of nitrogens with one attached hydrogen (secondary N) is 4. The van der Waals surface area contributed by atoms with E-state index in [4.69, 9.17) is 9.47 Å². The van der Waals surface area contributed by atoms with Crippen LogP contribution in [0.4, 0.5) is 11.5 Å². The highest BCUT2D eigenvalue weighted by Crippen LogP contribution is 2.36. The van der Waals surface area contributed by atoms with Crippen LogP contribution < -0.4 is 31.0 Å². The fourth-order valence-corrected chi connectivity index (χ4v) is 4.16. The molecule has 0 saturated carbocycles. The van der Waals surface area contributed by atoms with Gasteiger partial charge in [0.1, 0.15) is 5.82 Å². The number of hydrogen-bond donors (Lipinski definition) is 4. The quantitative estimate of drug-likeness (QED) is 0.341. The molecule has 1 amide bonds. The van der Waals surface area contributed by atoms with Crippen LogP contribution >= 0.6 is 11.8 Å². The van der Waals surface area contributed by atoms with Crippen LogP contribution in [0.5, 0.6) is 11.5 Å². The number of carbonyl (C=O) groups is 1. The Morgan fingerprint density at radius 2 is 2.03 bits per heavy atom. The van der Waals surface area contributed by atoms with Crippen molar-refractivity contribution in [3.05, 3.63) is 42.5 Å². The van der Waals surface area contributed by atoms with E-state index in [1.807, 2.05) is 42.5 Å². The van der Waals surface area contributed by atoms with E-state index in [-0.39, 0.29) is 24.6 Å². The molecule has 0 bridgehead atoms. The van der Waals surface area contributed by atoms with Gasteiger partial charge in [0.15, 0.2) is 16.7 Å². The van der Waals surface area contributed by atoms with Crippen molar-refractivity contribution in [2.75, 3.05) is 17.9 Å². The molecule has 4 N–H and O–H groups in total. The summed E-state index contributed by atoms with van der Waals surface area (Å²) in [5.74, 6) is 2.25. The second-order valence-electron chi connectivity index (χ2n) is 7.40. The average Bonchev–Trinajstić information content (AvgIpc) is 3.40. The summed E-state index contributed by atoms with van der Waals surface area (Å²) in [6.07, 6.45) is 0.774. The summed E-state index contributed by atoms with van der Waals surface area (Å²) in [6.45, 7) is 2.29. The topological polar surface area (TPSA) is 109 Å². The number of anilines is 2. The van der Waals surface area contributed by atoms with Crippen molar-refractivity contribution in [2.24, 2.45) is 0 Å². The Morgan fingerprint density at radius 3 is 2.90 bits per heavy atom. The molecule has 160 valence electrons. The number of ether oxygens (including phenoxy) is 2. The molecule has 3 aromatic rings. The maximum Gasteiger partial charge on any atom is 0.231 e. The number of hydrogen-bond acceptors (Lipinski definition) is 9. The van der Waals surface area contributed by atoms with Crippen LogP contribution in [0.1, 0.15) is 13.3 Å². The summed E-state index contributed by atoms with van der Waals surface area (Å²) < 4.78 is 10.8. The minimum Gasteiger partial charge on any atom is -0.454 e. The van der Waals surface area contributed by atoms with E-state index in [0.29, 0.717) is 22.8 Å². The van der Waals surface area contributed by atoms with Crippen LogP contribution in [0, 0.1) is 0 Å². The van der Waals surface area contributed by atoms with E-state index in [2.05, 4.69) is 38.4 Å². The summed E-state index contributed by atoms with van der Waals surface area (Å²) in [6, 6.07) is 13.7. The van der Waals surface area contributed by atoms with Gasteiger partial charge in [-0.05, 0) is 37.6 Å². The van der Waals surface area contributed by atoms with Crippen molar-refractivity contribution in [2.45, 2.75) is 30.7 Å². The second-order valence-corrected chi connectivity index (χ2v) is 8.34. The van der Waals surface area contributed by atoms with Crippen molar-refractivity contribution < 1.29 is 14.3 Å². The standard InChI is InChI=1S/C21H22N6O3S/c1-12-8-18(27-26-12)24-19(28)10-31-21-23-15-5-3-2-4-14(15)20(25-21)22-13-6-7-16-17(9-13)30-11-29-16/h2-7,9,12,18,26-27H,8,10-11H2,1H3,(H,24,28)(H,22,23,25). The molecule has 1 fully saturated rings. The van der Waals surface area contributed by atoms with Crippen LogP contribution in [0.15, 0.2) is 47.6 Å². The Kier molecular flexibility index (Phi) is 5.49. The van der Waals surface area contributed by atoms with Gasteiger partial charge in [0.25, 0.3) is 0 Å². The molecule has 10 heteroatoms. The number of para-hydroxylation sites is 1. The van der Waals surface area contributed by atoms with Crippen LogP contribution in [-0.2, 0) is 4.79 Å². The number of fused-ring (bicyclic) bond motifs is 2. The third kappa shape index (κ3) is 4.50. The Labute approximate surface area is 183 Å². The number of benzene rings is 2. The number of nitrogens with zero attached hydrogens (tertiary/aromatic N) is 2. The maximum absolute atomic E-state index is 12.3. The highest BCUT2D eigenvalue weighted by atomic mass is 32.2. The molecule has 2 atom stereocenters. The second kappa shape index (κ2) is 8.58. The Balaban J connectivity index is 1.33.